The minimum Gasteiger partial charge on any atom is -0.395 e. The average Bonchev–Trinajstić information content (AvgIpc) is 3.55. The van der Waals surface area contributed by atoms with Crippen molar-refractivity contribution >= 4 is 50.9 Å². The highest BCUT2D eigenvalue weighted by molar-refractivity contribution is 9.09. The maximum atomic E-state index is 14.4. The van der Waals surface area contributed by atoms with Crippen LogP contribution in [0.2, 0.25) is 5.02 Å². The quantitative estimate of drug-likeness (QED) is 0.298. The topological polar surface area (TPSA) is 90.4 Å². The molecule has 3 fully saturated rings. The summed E-state index contributed by atoms with van der Waals surface area (Å²) in [6, 6.07) is 15.5. The second kappa shape index (κ2) is 12.1. The molecule has 10 heteroatoms. The zero-order valence-corrected chi connectivity index (χ0v) is 24.9. The number of aliphatic hydroxyl groups is 1. The van der Waals surface area contributed by atoms with Gasteiger partial charge in [0.05, 0.1) is 35.3 Å². The number of anilines is 1. The molecule has 0 aromatic heterocycles. The van der Waals surface area contributed by atoms with Crippen molar-refractivity contribution in [3.63, 3.8) is 0 Å². The molecule has 3 aliphatic rings. The summed E-state index contributed by atoms with van der Waals surface area (Å²) >= 11 is 10.2. The van der Waals surface area contributed by atoms with E-state index in [4.69, 9.17) is 16.3 Å². The van der Waals surface area contributed by atoms with E-state index < -0.39 is 35.5 Å². The number of aliphatic hydroxyl groups excluding tert-OH is 1. The first kappa shape index (κ1) is 29.5. The SMILES string of the molecule is C=CCN(Cc1ccccc1)C(=O)[C@H]1[C@H]2C(=O)N(CCO)C(C(=O)N(CC=C)c3ccccc3Cl)C23CC(Br)[C@@H]1O3. The number of para-hydroxylation sites is 1. The molecule has 0 aliphatic carbocycles. The number of nitrogens with zero attached hydrogens (tertiary/aromatic N) is 3. The van der Waals surface area contributed by atoms with E-state index in [2.05, 4.69) is 29.1 Å². The third-order valence-electron chi connectivity index (χ3n) is 8.25. The Morgan fingerprint density at radius 1 is 1.10 bits per heavy atom. The number of hydrogen-bond donors (Lipinski definition) is 1. The van der Waals surface area contributed by atoms with E-state index in [1.165, 1.54) is 9.80 Å². The number of hydrogen-bond acceptors (Lipinski definition) is 5. The molecule has 1 N–H and O–H groups in total. The van der Waals surface area contributed by atoms with Gasteiger partial charge >= 0.3 is 0 Å². The van der Waals surface area contributed by atoms with Gasteiger partial charge in [-0.05, 0) is 24.1 Å². The average molecular weight is 643 g/mol. The summed E-state index contributed by atoms with van der Waals surface area (Å²) < 4.78 is 6.61. The Labute approximate surface area is 253 Å². The van der Waals surface area contributed by atoms with E-state index in [0.717, 1.165) is 5.56 Å². The largest absolute Gasteiger partial charge is 0.395 e. The number of alkyl halides is 1. The number of β-amino-alcohol motifs (C(OH)–C–C–N with tert-alkyl or cyclic N) is 1. The van der Waals surface area contributed by atoms with Gasteiger partial charge in [0.25, 0.3) is 5.91 Å². The fourth-order valence-electron chi connectivity index (χ4n) is 6.70. The number of fused-ring (bicyclic) bond motifs is 1. The Morgan fingerprint density at radius 3 is 2.44 bits per heavy atom. The van der Waals surface area contributed by atoms with Gasteiger partial charge in [-0.25, -0.2) is 0 Å². The van der Waals surface area contributed by atoms with E-state index in [0.29, 0.717) is 30.2 Å². The standard InChI is InChI=1S/C31H33BrClN3O5/c1-3-14-34(19-20-10-6-5-7-11-20)28(38)24-25-29(39)36(16-17-37)27(31(25)18-21(32)26(24)41-31)30(40)35(15-4-2)23-13-9-8-12-22(23)33/h3-13,21,24-27,37H,1-2,14-19H2/t21?,24-,25-,26-,27?,31?/m0/s1. The molecule has 41 heavy (non-hydrogen) atoms. The molecule has 3 amide bonds. The summed E-state index contributed by atoms with van der Waals surface area (Å²) in [4.78, 5) is 47.1. The first-order valence-electron chi connectivity index (χ1n) is 13.6. The lowest BCUT2D eigenvalue weighted by Crippen LogP contribution is -2.57. The fourth-order valence-corrected chi connectivity index (χ4v) is 7.88. The third-order valence-corrected chi connectivity index (χ3v) is 9.41. The minimum atomic E-state index is -1.25. The van der Waals surface area contributed by atoms with E-state index >= 15 is 0 Å². The van der Waals surface area contributed by atoms with Crippen LogP contribution in [0, 0.1) is 11.8 Å². The number of rotatable bonds is 11. The zero-order valence-electron chi connectivity index (χ0n) is 22.6. The van der Waals surface area contributed by atoms with Gasteiger partial charge in [-0.2, -0.15) is 0 Å². The highest BCUT2D eigenvalue weighted by Gasteiger charge is 2.76. The van der Waals surface area contributed by atoms with Crippen LogP contribution in [-0.4, -0.2) is 81.4 Å². The predicted molar refractivity (Wildman–Crippen MR) is 161 cm³/mol. The van der Waals surface area contributed by atoms with Crippen LogP contribution >= 0.6 is 27.5 Å². The Morgan fingerprint density at radius 2 is 1.78 bits per heavy atom. The molecule has 3 saturated heterocycles. The number of carbonyl (C=O) groups is 3. The Hall–Kier alpha value is -2.98. The van der Waals surface area contributed by atoms with Crippen LogP contribution in [0.4, 0.5) is 5.69 Å². The summed E-state index contributed by atoms with van der Waals surface area (Å²) in [5.74, 6) is -2.68. The lowest BCUT2D eigenvalue weighted by atomic mass is 9.70. The second-order valence-electron chi connectivity index (χ2n) is 10.6. The molecule has 3 unspecified atom stereocenters. The third kappa shape index (κ3) is 5.03. The van der Waals surface area contributed by atoms with Gasteiger partial charge in [-0.15, -0.1) is 13.2 Å². The molecule has 216 valence electrons. The van der Waals surface area contributed by atoms with Gasteiger partial charge in [-0.3, -0.25) is 14.4 Å². The molecular formula is C31H33BrClN3O5. The maximum Gasteiger partial charge on any atom is 0.253 e. The highest BCUT2D eigenvalue weighted by Crippen LogP contribution is 2.60. The molecular weight excluding hydrogens is 610 g/mol. The molecule has 1 spiro atoms. The van der Waals surface area contributed by atoms with Crippen molar-refractivity contribution in [2.45, 2.75) is 35.5 Å². The monoisotopic (exact) mass is 641 g/mol. The molecule has 3 aliphatic heterocycles. The Kier molecular flexibility index (Phi) is 8.70. The van der Waals surface area contributed by atoms with Crippen molar-refractivity contribution in [3.05, 3.63) is 90.5 Å². The molecule has 6 atom stereocenters. The van der Waals surface area contributed by atoms with Gasteiger partial charge in [0.1, 0.15) is 11.6 Å². The molecule has 2 aromatic rings. The normalized spacial score (nSPS) is 27.9. The fraction of sp³-hybridized carbons (Fsp3) is 0.387. The van der Waals surface area contributed by atoms with Crippen molar-refractivity contribution in [1.29, 1.82) is 0 Å². The maximum absolute atomic E-state index is 14.4. The Balaban J connectivity index is 1.55. The lowest BCUT2D eigenvalue weighted by Gasteiger charge is -2.37. The van der Waals surface area contributed by atoms with Crippen LogP contribution in [-0.2, 0) is 25.7 Å². The number of ether oxygens (including phenoxy) is 1. The van der Waals surface area contributed by atoms with Crippen molar-refractivity contribution in [2.24, 2.45) is 11.8 Å². The van der Waals surface area contributed by atoms with Gasteiger partial charge in [-0.1, -0.05) is 82.1 Å². The first-order valence-corrected chi connectivity index (χ1v) is 14.9. The number of benzene rings is 2. The van der Waals surface area contributed by atoms with Gasteiger partial charge < -0.3 is 24.5 Å². The molecule has 8 nitrogen and oxygen atoms in total. The van der Waals surface area contributed by atoms with Crippen LogP contribution in [0.5, 0.6) is 0 Å². The zero-order chi connectivity index (χ0) is 29.3. The second-order valence-corrected chi connectivity index (χ2v) is 12.2. The van der Waals surface area contributed by atoms with Crippen molar-refractivity contribution in [1.82, 2.24) is 9.80 Å². The van der Waals surface area contributed by atoms with E-state index in [1.807, 2.05) is 30.3 Å². The number of halogens is 2. The summed E-state index contributed by atoms with van der Waals surface area (Å²) in [6.45, 7) is 8.01. The van der Waals surface area contributed by atoms with Crippen LogP contribution in [0.1, 0.15) is 12.0 Å². The summed E-state index contributed by atoms with van der Waals surface area (Å²) in [6.07, 6.45) is 3.01. The molecule has 2 aromatic carbocycles. The lowest BCUT2D eigenvalue weighted by molar-refractivity contribution is -0.145. The van der Waals surface area contributed by atoms with Gasteiger partial charge in [0, 0.05) is 31.0 Å². The van der Waals surface area contributed by atoms with Crippen LogP contribution in [0.3, 0.4) is 0 Å². The van der Waals surface area contributed by atoms with Crippen molar-refractivity contribution < 1.29 is 24.2 Å². The van der Waals surface area contributed by atoms with E-state index in [1.54, 1.807) is 41.3 Å². The van der Waals surface area contributed by atoms with Crippen molar-refractivity contribution in [2.75, 3.05) is 31.1 Å². The minimum absolute atomic E-state index is 0.0692. The molecule has 3 heterocycles. The van der Waals surface area contributed by atoms with Crippen LogP contribution in [0.15, 0.2) is 79.9 Å². The predicted octanol–water partition coefficient (Wildman–Crippen LogP) is 3.81. The van der Waals surface area contributed by atoms with E-state index in [9.17, 15) is 19.5 Å². The summed E-state index contributed by atoms with van der Waals surface area (Å²) in [7, 11) is 0. The van der Waals surface area contributed by atoms with Crippen LogP contribution in [0.25, 0.3) is 0 Å². The Bertz CT molecular complexity index is 1340. The molecule has 5 rings (SSSR count). The highest BCUT2D eigenvalue weighted by atomic mass is 79.9. The number of likely N-dealkylation sites (tertiary alicyclic amines) is 1. The number of amides is 3. The van der Waals surface area contributed by atoms with Crippen LogP contribution < -0.4 is 4.90 Å². The molecule has 2 bridgehead atoms. The van der Waals surface area contributed by atoms with Crippen molar-refractivity contribution in [3.8, 4) is 0 Å². The number of carbonyl (C=O) groups excluding carboxylic acids is 3. The molecule has 0 radical (unpaired) electrons. The molecule has 0 saturated carbocycles. The summed E-state index contributed by atoms with van der Waals surface area (Å²) in [5, 5.41) is 10.3. The van der Waals surface area contributed by atoms with Gasteiger partial charge in [0.2, 0.25) is 11.8 Å². The summed E-state index contributed by atoms with van der Waals surface area (Å²) in [5.41, 5.74) is 0.172. The first-order chi connectivity index (χ1) is 19.8. The van der Waals surface area contributed by atoms with E-state index in [-0.39, 0.29) is 36.3 Å². The smallest absolute Gasteiger partial charge is 0.253 e. The van der Waals surface area contributed by atoms with Gasteiger partial charge in [0.15, 0.2) is 0 Å².